The second kappa shape index (κ2) is 13.7. The summed E-state index contributed by atoms with van der Waals surface area (Å²) in [7, 11) is 0. The molecule has 2 aromatic carbocycles. The first kappa shape index (κ1) is 34.7. The summed E-state index contributed by atoms with van der Waals surface area (Å²) in [6.07, 6.45) is 1.09. The molecule has 248 valence electrons. The molecule has 1 fully saturated rings. The van der Waals surface area contributed by atoms with Crippen molar-refractivity contribution in [1.29, 1.82) is 0 Å². The maximum atomic E-state index is 15.0. The lowest BCUT2D eigenvalue weighted by Crippen LogP contribution is -2.47. The third kappa shape index (κ3) is 8.17. The number of halogens is 2. The van der Waals surface area contributed by atoms with Crippen molar-refractivity contribution in [3.63, 3.8) is 0 Å². The smallest absolute Gasteiger partial charge is 0.410 e. The van der Waals surface area contributed by atoms with Crippen molar-refractivity contribution in [3.8, 4) is 11.3 Å². The van der Waals surface area contributed by atoms with Gasteiger partial charge in [0.2, 0.25) is 5.91 Å². The topological polar surface area (TPSA) is 105 Å². The summed E-state index contributed by atoms with van der Waals surface area (Å²) >= 11 is 0. The molecule has 46 heavy (non-hydrogen) atoms. The first-order chi connectivity index (χ1) is 21.5. The van der Waals surface area contributed by atoms with Gasteiger partial charge in [-0.3, -0.25) is 9.59 Å². The fourth-order valence-corrected chi connectivity index (χ4v) is 6.06. The number of nitrogens with zero attached hydrogens (tertiary/aromatic N) is 4. The number of ether oxygens (including phenoxy) is 1. The van der Waals surface area contributed by atoms with E-state index in [0.717, 1.165) is 23.8 Å². The van der Waals surface area contributed by atoms with Crippen LogP contribution >= 0.6 is 0 Å². The Bertz CT molecular complexity index is 1560. The highest BCUT2D eigenvalue weighted by atomic mass is 19.1. The minimum Gasteiger partial charge on any atom is -0.444 e. The van der Waals surface area contributed by atoms with Gasteiger partial charge >= 0.3 is 6.09 Å². The Morgan fingerprint density at radius 1 is 1.04 bits per heavy atom. The van der Waals surface area contributed by atoms with Crippen LogP contribution in [0.4, 0.5) is 13.6 Å². The van der Waals surface area contributed by atoms with Crippen LogP contribution in [-0.4, -0.2) is 74.1 Å². The summed E-state index contributed by atoms with van der Waals surface area (Å²) in [5.41, 5.74) is -0.336. The van der Waals surface area contributed by atoms with E-state index in [-0.39, 0.29) is 36.7 Å². The van der Waals surface area contributed by atoms with Gasteiger partial charge in [0.15, 0.2) is 0 Å². The van der Waals surface area contributed by atoms with Gasteiger partial charge in [-0.15, -0.1) is 0 Å². The molecule has 1 aliphatic rings. The minimum absolute atomic E-state index is 0.0267. The highest BCUT2D eigenvalue weighted by Crippen LogP contribution is 2.41. The summed E-state index contributed by atoms with van der Waals surface area (Å²) in [6.45, 7) is 12.4. The number of likely N-dealkylation sites (tertiary alicyclic amines) is 1. The molecule has 2 unspecified atom stereocenters. The Morgan fingerprint density at radius 2 is 1.72 bits per heavy atom. The predicted octanol–water partition coefficient (Wildman–Crippen LogP) is 5.86. The number of Topliss-reactive ketones (excluding diaryl/α,β-unsaturated/α-hetero) is 1. The Kier molecular flexibility index (Phi) is 10.4. The van der Waals surface area contributed by atoms with Gasteiger partial charge in [0.1, 0.15) is 35.5 Å². The van der Waals surface area contributed by atoms with Crippen molar-refractivity contribution >= 4 is 17.8 Å². The minimum atomic E-state index is -0.801. The summed E-state index contributed by atoms with van der Waals surface area (Å²) in [5, 5.41) is 10.2. The lowest BCUT2D eigenvalue weighted by molar-refractivity contribution is -0.141. The van der Waals surface area contributed by atoms with Crippen LogP contribution in [0.15, 0.2) is 54.7 Å². The molecule has 4 rings (SSSR count). The Morgan fingerprint density at radius 3 is 2.30 bits per heavy atom. The van der Waals surface area contributed by atoms with E-state index in [0.29, 0.717) is 12.4 Å². The van der Waals surface area contributed by atoms with E-state index < -0.39 is 59.1 Å². The molecule has 1 saturated heterocycles. The van der Waals surface area contributed by atoms with Crippen molar-refractivity contribution < 1.29 is 33.0 Å². The molecule has 1 aliphatic heterocycles. The second-order valence-electron chi connectivity index (χ2n) is 14.1. The molecule has 3 aromatic rings. The largest absolute Gasteiger partial charge is 0.444 e. The summed E-state index contributed by atoms with van der Waals surface area (Å²) in [6, 6.07) is 11.9. The van der Waals surface area contributed by atoms with Crippen LogP contribution in [0.2, 0.25) is 0 Å². The number of aliphatic hydroxyl groups is 1. The molecule has 0 radical (unpaired) electrons. The third-order valence-corrected chi connectivity index (χ3v) is 8.09. The lowest BCUT2D eigenvalue weighted by Gasteiger charge is -2.41. The fourth-order valence-electron chi connectivity index (χ4n) is 6.06. The highest BCUT2D eigenvalue weighted by Gasteiger charge is 2.44. The maximum absolute atomic E-state index is 15.0. The van der Waals surface area contributed by atoms with Crippen molar-refractivity contribution in [3.05, 3.63) is 77.8 Å². The molecule has 0 spiro atoms. The van der Waals surface area contributed by atoms with E-state index in [1.165, 1.54) is 16.7 Å². The number of rotatable bonds is 9. The number of carbonyl (C=O) groups is 3. The monoisotopic (exact) mass is 638 g/mol. The number of imidazole rings is 1. The summed E-state index contributed by atoms with van der Waals surface area (Å²) < 4.78 is 36.7. The molecule has 0 bridgehead atoms. The van der Waals surface area contributed by atoms with Gasteiger partial charge in [0.25, 0.3) is 0 Å². The number of hydrogen-bond donors (Lipinski definition) is 1. The number of ketones is 1. The number of aromatic nitrogens is 2. The standard InChI is InChI=1S/C35H44F2N4O5/c1-22(43)27-19-40(33(45)46-35(5,6)7)17-24(27)18-41(30(44)21-42)31(34(2,3)4)32-38-29(26-15-25(36)13-14-28(26)37)20-39(32)16-23-11-9-8-10-12-23/h8-15,20,24,27,31,42H,16-19,21H2,1-7H3/t24?,27?,31-/m0/s1. The molecular formula is C35H44F2N4O5. The van der Waals surface area contributed by atoms with Crippen LogP contribution in [0.1, 0.15) is 65.9 Å². The van der Waals surface area contributed by atoms with Crippen LogP contribution in [0.3, 0.4) is 0 Å². The molecular weight excluding hydrogens is 594 g/mol. The van der Waals surface area contributed by atoms with Gasteiger partial charge in [-0.1, -0.05) is 51.1 Å². The van der Waals surface area contributed by atoms with Crippen LogP contribution in [0, 0.1) is 28.9 Å². The zero-order valence-electron chi connectivity index (χ0n) is 27.6. The maximum Gasteiger partial charge on any atom is 0.410 e. The third-order valence-electron chi connectivity index (χ3n) is 8.09. The van der Waals surface area contributed by atoms with Gasteiger partial charge in [0, 0.05) is 49.8 Å². The van der Waals surface area contributed by atoms with E-state index in [2.05, 4.69) is 0 Å². The van der Waals surface area contributed by atoms with Gasteiger partial charge < -0.3 is 24.2 Å². The lowest BCUT2D eigenvalue weighted by atomic mass is 9.83. The zero-order valence-corrected chi connectivity index (χ0v) is 27.6. The van der Waals surface area contributed by atoms with Crippen LogP contribution in [-0.2, 0) is 20.9 Å². The van der Waals surface area contributed by atoms with Crippen molar-refractivity contribution in [2.75, 3.05) is 26.2 Å². The molecule has 0 aliphatic carbocycles. The molecule has 9 nitrogen and oxygen atoms in total. The SMILES string of the molecule is CC(=O)C1CN(C(=O)OC(C)(C)C)CC1CN(C(=O)CO)[C@@H](c1nc(-c2cc(F)ccc2F)cn1Cc1ccccc1)C(C)(C)C. The van der Waals surface area contributed by atoms with E-state index in [1.807, 2.05) is 55.7 Å². The van der Waals surface area contributed by atoms with Gasteiger partial charge in [-0.05, 0) is 56.9 Å². The molecule has 2 heterocycles. The number of amides is 2. The van der Waals surface area contributed by atoms with E-state index in [1.54, 1.807) is 27.0 Å². The zero-order chi connectivity index (χ0) is 34.0. The first-order valence-corrected chi connectivity index (χ1v) is 15.4. The molecule has 11 heteroatoms. The normalized spacial score (nSPS) is 17.6. The van der Waals surface area contributed by atoms with Crippen LogP contribution < -0.4 is 0 Å². The van der Waals surface area contributed by atoms with Gasteiger partial charge in [-0.25, -0.2) is 18.6 Å². The van der Waals surface area contributed by atoms with Crippen LogP contribution in [0.25, 0.3) is 11.3 Å². The highest BCUT2D eigenvalue weighted by molar-refractivity contribution is 5.81. The van der Waals surface area contributed by atoms with E-state index in [4.69, 9.17) is 9.72 Å². The first-order valence-electron chi connectivity index (χ1n) is 15.4. The summed E-state index contributed by atoms with van der Waals surface area (Å²) in [5.74, 6) is -2.61. The summed E-state index contributed by atoms with van der Waals surface area (Å²) in [4.78, 5) is 47.2. The van der Waals surface area contributed by atoms with Gasteiger partial charge in [-0.2, -0.15) is 0 Å². The van der Waals surface area contributed by atoms with E-state index >= 15 is 4.39 Å². The number of carbonyl (C=O) groups excluding carboxylic acids is 3. The average Bonchev–Trinajstić information content (AvgIpc) is 3.57. The Balaban J connectivity index is 1.81. The molecule has 1 aromatic heterocycles. The van der Waals surface area contributed by atoms with E-state index in [9.17, 15) is 23.9 Å². The van der Waals surface area contributed by atoms with Gasteiger partial charge in [0.05, 0.1) is 11.7 Å². The molecule has 1 N–H and O–H groups in total. The van der Waals surface area contributed by atoms with Crippen LogP contribution in [0.5, 0.6) is 0 Å². The number of hydrogen-bond acceptors (Lipinski definition) is 6. The second-order valence-corrected chi connectivity index (χ2v) is 14.1. The molecule has 3 atom stereocenters. The number of aliphatic hydroxyl groups excluding tert-OH is 1. The van der Waals surface area contributed by atoms with Crippen molar-refractivity contribution in [2.24, 2.45) is 17.3 Å². The predicted molar refractivity (Wildman–Crippen MR) is 170 cm³/mol. The van der Waals surface area contributed by atoms with Crippen molar-refractivity contribution in [1.82, 2.24) is 19.4 Å². The van der Waals surface area contributed by atoms with Crippen molar-refractivity contribution in [2.45, 2.75) is 66.7 Å². The quantitative estimate of drug-likeness (QED) is 0.315. The average molecular weight is 639 g/mol. The molecule has 0 saturated carbocycles. The fraction of sp³-hybridized carbons (Fsp3) is 0.486. The Hall–Kier alpha value is -4.12. The molecule has 2 amide bonds. The Labute approximate surface area is 269 Å². The number of benzene rings is 2.